The highest BCUT2D eigenvalue weighted by Gasteiger charge is 2.22. The molecular formula is C16H20N2S. The number of anilines is 1. The molecule has 0 radical (unpaired) electrons. The van der Waals surface area contributed by atoms with E-state index in [1.54, 1.807) is 11.3 Å². The number of aryl methyl sites for hydroxylation is 1. The first-order valence-corrected chi connectivity index (χ1v) is 7.89. The van der Waals surface area contributed by atoms with E-state index in [2.05, 4.69) is 36.2 Å². The second-order valence-electron chi connectivity index (χ2n) is 5.47. The lowest BCUT2D eigenvalue weighted by Crippen LogP contribution is -2.04. The van der Waals surface area contributed by atoms with Crippen LogP contribution in [-0.4, -0.2) is 4.98 Å². The highest BCUT2D eigenvalue weighted by Crippen LogP contribution is 2.42. The molecule has 3 heteroatoms. The van der Waals surface area contributed by atoms with Crippen molar-refractivity contribution in [3.8, 4) is 11.3 Å². The standard InChI is InChI=1S/C16H20N2S/c1-11-6-5-9-13(10-11)14-15(19-16(17)18-14)12-7-3-2-4-8-12/h5-6,9-10,12H,2-4,7-8H2,1H3,(H2,17,18). The molecule has 1 fully saturated rings. The summed E-state index contributed by atoms with van der Waals surface area (Å²) in [6.07, 6.45) is 6.65. The van der Waals surface area contributed by atoms with Crippen molar-refractivity contribution in [1.82, 2.24) is 4.98 Å². The Bertz CT molecular complexity index is 568. The molecule has 1 aliphatic rings. The molecule has 2 nitrogen and oxygen atoms in total. The van der Waals surface area contributed by atoms with E-state index in [0.717, 1.165) is 5.69 Å². The number of hydrogen-bond acceptors (Lipinski definition) is 3. The summed E-state index contributed by atoms with van der Waals surface area (Å²) < 4.78 is 0. The minimum absolute atomic E-state index is 0.666. The van der Waals surface area contributed by atoms with Gasteiger partial charge in [0.1, 0.15) is 0 Å². The van der Waals surface area contributed by atoms with Crippen LogP contribution in [0.3, 0.4) is 0 Å². The third-order valence-corrected chi connectivity index (χ3v) is 4.98. The highest BCUT2D eigenvalue weighted by molar-refractivity contribution is 7.15. The largest absolute Gasteiger partial charge is 0.375 e. The van der Waals surface area contributed by atoms with Gasteiger partial charge in [0.2, 0.25) is 0 Å². The van der Waals surface area contributed by atoms with E-state index in [-0.39, 0.29) is 0 Å². The van der Waals surface area contributed by atoms with Gasteiger partial charge >= 0.3 is 0 Å². The van der Waals surface area contributed by atoms with Gasteiger partial charge in [-0.2, -0.15) is 0 Å². The van der Waals surface area contributed by atoms with Crippen LogP contribution in [0.15, 0.2) is 24.3 Å². The van der Waals surface area contributed by atoms with Crippen LogP contribution in [-0.2, 0) is 0 Å². The van der Waals surface area contributed by atoms with Crippen LogP contribution in [0.2, 0.25) is 0 Å². The summed E-state index contributed by atoms with van der Waals surface area (Å²) in [5.41, 5.74) is 9.58. The molecule has 2 N–H and O–H groups in total. The predicted octanol–water partition coefficient (Wildman–Crippen LogP) is 4.75. The summed E-state index contributed by atoms with van der Waals surface area (Å²) in [6, 6.07) is 8.58. The van der Waals surface area contributed by atoms with Crippen molar-refractivity contribution in [2.45, 2.75) is 44.9 Å². The normalized spacial score (nSPS) is 16.7. The molecule has 2 aromatic rings. The summed E-state index contributed by atoms with van der Waals surface area (Å²) in [6.45, 7) is 2.12. The Kier molecular flexibility index (Phi) is 3.56. The number of aromatic nitrogens is 1. The van der Waals surface area contributed by atoms with Crippen molar-refractivity contribution in [1.29, 1.82) is 0 Å². The molecule has 0 unspecified atom stereocenters. The van der Waals surface area contributed by atoms with Crippen molar-refractivity contribution < 1.29 is 0 Å². The molecule has 0 amide bonds. The van der Waals surface area contributed by atoms with Gasteiger partial charge < -0.3 is 5.73 Å². The van der Waals surface area contributed by atoms with Crippen LogP contribution in [0.1, 0.15) is 48.5 Å². The first-order valence-electron chi connectivity index (χ1n) is 7.07. The number of nitrogens with zero attached hydrogens (tertiary/aromatic N) is 1. The first-order chi connectivity index (χ1) is 9.24. The topological polar surface area (TPSA) is 38.9 Å². The Morgan fingerprint density at radius 2 is 2.00 bits per heavy atom. The number of thiazole rings is 1. The molecule has 1 aromatic carbocycles. The van der Waals surface area contributed by atoms with Gasteiger partial charge in [-0.25, -0.2) is 4.98 Å². The predicted molar refractivity (Wildman–Crippen MR) is 82.5 cm³/mol. The zero-order valence-electron chi connectivity index (χ0n) is 11.4. The average Bonchev–Trinajstić information content (AvgIpc) is 2.82. The van der Waals surface area contributed by atoms with Crippen molar-refractivity contribution in [2.24, 2.45) is 0 Å². The Labute approximate surface area is 118 Å². The summed E-state index contributed by atoms with van der Waals surface area (Å²) in [4.78, 5) is 6.00. The third kappa shape index (κ3) is 2.66. The van der Waals surface area contributed by atoms with E-state index < -0.39 is 0 Å². The molecule has 1 heterocycles. The number of nitrogens with two attached hydrogens (primary N) is 1. The van der Waals surface area contributed by atoms with E-state index in [0.29, 0.717) is 11.0 Å². The second kappa shape index (κ2) is 5.33. The molecule has 19 heavy (non-hydrogen) atoms. The van der Waals surface area contributed by atoms with Crippen LogP contribution < -0.4 is 5.73 Å². The lowest BCUT2D eigenvalue weighted by atomic mass is 9.87. The molecule has 0 bridgehead atoms. The fourth-order valence-corrected chi connectivity index (χ4v) is 4.01. The van der Waals surface area contributed by atoms with Crippen molar-refractivity contribution in [2.75, 3.05) is 5.73 Å². The van der Waals surface area contributed by atoms with Gasteiger partial charge in [-0.3, -0.25) is 0 Å². The van der Waals surface area contributed by atoms with Crippen molar-refractivity contribution in [3.05, 3.63) is 34.7 Å². The number of benzene rings is 1. The minimum atomic E-state index is 0.666. The Balaban J connectivity index is 2.01. The lowest BCUT2D eigenvalue weighted by Gasteiger charge is -2.21. The van der Waals surface area contributed by atoms with E-state index in [1.807, 2.05) is 0 Å². The zero-order valence-corrected chi connectivity index (χ0v) is 12.2. The SMILES string of the molecule is Cc1cccc(-c2nc(N)sc2C2CCCCC2)c1. The lowest BCUT2D eigenvalue weighted by molar-refractivity contribution is 0.448. The first kappa shape index (κ1) is 12.7. The Hall–Kier alpha value is -1.35. The van der Waals surface area contributed by atoms with E-state index in [4.69, 9.17) is 5.73 Å². The maximum absolute atomic E-state index is 5.97. The number of nitrogen functional groups attached to an aromatic ring is 1. The van der Waals surface area contributed by atoms with E-state index in [9.17, 15) is 0 Å². The Morgan fingerprint density at radius 1 is 1.21 bits per heavy atom. The molecule has 1 aromatic heterocycles. The summed E-state index contributed by atoms with van der Waals surface area (Å²) in [5.74, 6) is 0.666. The third-order valence-electron chi connectivity index (χ3n) is 3.94. The highest BCUT2D eigenvalue weighted by atomic mass is 32.1. The van der Waals surface area contributed by atoms with Gasteiger partial charge in [0.05, 0.1) is 5.69 Å². The van der Waals surface area contributed by atoms with Crippen LogP contribution in [0.5, 0.6) is 0 Å². The van der Waals surface area contributed by atoms with E-state index in [1.165, 1.54) is 48.1 Å². The van der Waals surface area contributed by atoms with Gasteiger partial charge in [-0.1, -0.05) is 43.0 Å². The molecule has 1 saturated carbocycles. The monoisotopic (exact) mass is 272 g/mol. The molecular weight excluding hydrogens is 252 g/mol. The maximum Gasteiger partial charge on any atom is 0.180 e. The average molecular weight is 272 g/mol. The molecule has 100 valence electrons. The van der Waals surface area contributed by atoms with Gasteiger partial charge in [-0.15, -0.1) is 11.3 Å². The fourth-order valence-electron chi connectivity index (χ4n) is 2.99. The quantitative estimate of drug-likeness (QED) is 0.857. The minimum Gasteiger partial charge on any atom is -0.375 e. The number of hydrogen-bond donors (Lipinski definition) is 1. The summed E-state index contributed by atoms with van der Waals surface area (Å²) in [5, 5.41) is 0.706. The second-order valence-corrected chi connectivity index (χ2v) is 6.53. The van der Waals surface area contributed by atoms with E-state index >= 15 is 0 Å². The van der Waals surface area contributed by atoms with Crippen molar-refractivity contribution >= 4 is 16.5 Å². The van der Waals surface area contributed by atoms with Crippen LogP contribution >= 0.6 is 11.3 Å². The van der Waals surface area contributed by atoms with Crippen LogP contribution in [0.25, 0.3) is 11.3 Å². The maximum atomic E-state index is 5.97. The van der Waals surface area contributed by atoms with Gasteiger partial charge in [0.25, 0.3) is 0 Å². The van der Waals surface area contributed by atoms with Crippen molar-refractivity contribution in [3.63, 3.8) is 0 Å². The molecule has 0 aliphatic heterocycles. The molecule has 0 saturated heterocycles. The van der Waals surface area contributed by atoms with Crippen LogP contribution in [0, 0.1) is 6.92 Å². The summed E-state index contributed by atoms with van der Waals surface area (Å²) >= 11 is 1.69. The zero-order chi connectivity index (χ0) is 13.2. The number of rotatable bonds is 2. The Morgan fingerprint density at radius 3 is 2.74 bits per heavy atom. The van der Waals surface area contributed by atoms with Crippen LogP contribution in [0.4, 0.5) is 5.13 Å². The molecule has 0 atom stereocenters. The molecule has 1 aliphatic carbocycles. The fraction of sp³-hybridized carbons (Fsp3) is 0.438. The van der Waals surface area contributed by atoms with Gasteiger partial charge in [0, 0.05) is 10.4 Å². The molecule has 0 spiro atoms. The summed E-state index contributed by atoms with van der Waals surface area (Å²) in [7, 11) is 0. The molecule has 3 rings (SSSR count). The van der Waals surface area contributed by atoms with Gasteiger partial charge in [-0.05, 0) is 31.7 Å². The smallest absolute Gasteiger partial charge is 0.180 e. The van der Waals surface area contributed by atoms with Gasteiger partial charge in [0.15, 0.2) is 5.13 Å².